The number of H-pyrrole nitrogens is 1. The van der Waals surface area contributed by atoms with Crippen molar-refractivity contribution in [3.8, 4) is 0 Å². The lowest BCUT2D eigenvalue weighted by Gasteiger charge is -2.38. The van der Waals surface area contributed by atoms with Crippen LogP contribution in [0.4, 0.5) is 10.2 Å². The summed E-state index contributed by atoms with van der Waals surface area (Å²) in [5, 5.41) is 2.92. The number of ether oxygens (including phenoxy) is 2. The molecule has 0 saturated carbocycles. The zero-order chi connectivity index (χ0) is 24.8. The van der Waals surface area contributed by atoms with Crippen LogP contribution in [0, 0.1) is 11.7 Å². The molecule has 1 amide bonds. The maximum atomic E-state index is 13.0. The SMILES string of the molecule is CO[C@@H]1CN(CC(C)C(=O)OCc2ccc(F)cc2)CC[C@@H]1NC(=O)c1cc(Cl)c(N)[nH]c1=O. The number of carbonyl (C=O) groups is 2. The molecular weight excluding hydrogens is 467 g/mol. The van der Waals surface area contributed by atoms with E-state index in [0.717, 1.165) is 0 Å². The van der Waals surface area contributed by atoms with Gasteiger partial charge in [-0.25, -0.2) is 4.39 Å². The van der Waals surface area contributed by atoms with Crippen LogP contribution in [0.2, 0.25) is 5.02 Å². The highest BCUT2D eigenvalue weighted by Gasteiger charge is 2.32. The molecule has 9 nitrogen and oxygen atoms in total. The molecule has 0 radical (unpaired) electrons. The van der Waals surface area contributed by atoms with E-state index in [2.05, 4.69) is 15.2 Å². The predicted molar refractivity (Wildman–Crippen MR) is 125 cm³/mol. The monoisotopic (exact) mass is 494 g/mol. The van der Waals surface area contributed by atoms with E-state index in [-0.39, 0.29) is 52.9 Å². The summed E-state index contributed by atoms with van der Waals surface area (Å²) in [5.74, 6) is -1.66. The zero-order valence-electron chi connectivity index (χ0n) is 19.0. The van der Waals surface area contributed by atoms with Crippen LogP contribution in [0.25, 0.3) is 0 Å². The molecule has 1 saturated heterocycles. The number of anilines is 1. The van der Waals surface area contributed by atoms with Crippen LogP contribution in [-0.2, 0) is 20.9 Å². The Morgan fingerprint density at radius 3 is 2.74 bits per heavy atom. The Labute approximate surface area is 201 Å². The second-order valence-corrected chi connectivity index (χ2v) is 8.72. The average molecular weight is 495 g/mol. The topological polar surface area (TPSA) is 127 Å². The normalized spacial score (nSPS) is 19.4. The fraction of sp³-hybridized carbons (Fsp3) is 0.435. The second-order valence-electron chi connectivity index (χ2n) is 8.31. The van der Waals surface area contributed by atoms with Gasteiger partial charge in [0.15, 0.2) is 0 Å². The van der Waals surface area contributed by atoms with Crippen LogP contribution in [0.3, 0.4) is 0 Å². The van der Waals surface area contributed by atoms with Crippen LogP contribution in [0.1, 0.15) is 29.3 Å². The molecule has 2 aromatic rings. The number of nitrogen functional groups attached to an aromatic ring is 1. The van der Waals surface area contributed by atoms with Gasteiger partial charge in [0.1, 0.15) is 23.8 Å². The van der Waals surface area contributed by atoms with Gasteiger partial charge in [-0.3, -0.25) is 19.3 Å². The summed E-state index contributed by atoms with van der Waals surface area (Å²) < 4.78 is 23.9. The minimum atomic E-state index is -0.626. The lowest BCUT2D eigenvalue weighted by Crippen LogP contribution is -2.56. The molecule has 0 aliphatic carbocycles. The first kappa shape index (κ1) is 25.7. The van der Waals surface area contributed by atoms with Gasteiger partial charge >= 0.3 is 5.97 Å². The molecule has 3 atom stereocenters. The summed E-state index contributed by atoms with van der Waals surface area (Å²) in [5.41, 5.74) is 5.51. The van der Waals surface area contributed by atoms with Crippen molar-refractivity contribution in [3.63, 3.8) is 0 Å². The number of aromatic amines is 1. The summed E-state index contributed by atoms with van der Waals surface area (Å²) in [7, 11) is 1.54. The van der Waals surface area contributed by atoms with E-state index in [0.29, 0.717) is 31.6 Å². The Kier molecular flexibility index (Phi) is 8.65. The van der Waals surface area contributed by atoms with Crippen molar-refractivity contribution in [2.75, 3.05) is 32.5 Å². The number of likely N-dealkylation sites (tertiary alicyclic amines) is 1. The quantitative estimate of drug-likeness (QED) is 0.479. The van der Waals surface area contributed by atoms with Crippen molar-refractivity contribution in [2.45, 2.75) is 32.1 Å². The molecule has 0 bridgehead atoms. The minimum Gasteiger partial charge on any atom is -0.461 e. The number of pyridine rings is 1. The van der Waals surface area contributed by atoms with Gasteiger partial charge in [0, 0.05) is 26.7 Å². The Morgan fingerprint density at radius 1 is 1.35 bits per heavy atom. The smallest absolute Gasteiger partial charge is 0.310 e. The molecule has 4 N–H and O–H groups in total. The molecule has 1 fully saturated rings. The number of hydrogen-bond acceptors (Lipinski definition) is 7. The number of piperidine rings is 1. The fourth-order valence-corrected chi connectivity index (χ4v) is 3.98. The molecular formula is C23H28ClFN4O5. The third-order valence-electron chi connectivity index (χ3n) is 5.76. The third kappa shape index (κ3) is 6.55. The van der Waals surface area contributed by atoms with Crippen molar-refractivity contribution in [1.29, 1.82) is 0 Å². The highest BCUT2D eigenvalue weighted by atomic mass is 35.5. The molecule has 34 heavy (non-hydrogen) atoms. The molecule has 11 heteroatoms. The van der Waals surface area contributed by atoms with Gasteiger partial charge in [-0.1, -0.05) is 30.7 Å². The molecule has 3 rings (SSSR count). The van der Waals surface area contributed by atoms with Gasteiger partial charge in [0.05, 0.1) is 23.1 Å². The van der Waals surface area contributed by atoms with Gasteiger partial charge in [0.25, 0.3) is 11.5 Å². The van der Waals surface area contributed by atoms with Gasteiger partial charge < -0.3 is 25.5 Å². The number of halogens is 2. The number of hydrogen-bond donors (Lipinski definition) is 3. The van der Waals surface area contributed by atoms with E-state index in [4.69, 9.17) is 26.8 Å². The average Bonchev–Trinajstić information content (AvgIpc) is 2.81. The first-order valence-corrected chi connectivity index (χ1v) is 11.2. The van der Waals surface area contributed by atoms with Gasteiger partial charge in [0.2, 0.25) is 0 Å². The van der Waals surface area contributed by atoms with Crippen LogP contribution >= 0.6 is 11.6 Å². The Bertz CT molecular complexity index is 1080. The van der Waals surface area contributed by atoms with Crippen LogP contribution in [0.5, 0.6) is 0 Å². The van der Waals surface area contributed by atoms with Crippen LogP contribution in [0.15, 0.2) is 35.1 Å². The standard InChI is InChI=1S/C23H28ClFN4O5/c1-13(23(32)34-12-14-3-5-15(25)6-4-14)10-29-8-7-18(19(11-29)33-2)27-21(30)16-9-17(24)20(26)28-22(16)31/h3-6,9,13,18-19H,7-8,10-12H2,1-2H3,(H,27,30)(H3,26,28,31)/t13?,18-,19+/m0/s1. The number of rotatable bonds is 8. The van der Waals surface area contributed by atoms with Crippen molar-refractivity contribution in [2.24, 2.45) is 5.92 Å². The number of nitrogens with one attached hydrogen (secondary N) is 2. The van der Waals surface area contributed by atoms with Crippen LogP contribution in [-0.4, -0.2) is 60.7 Å². The van der Waals surface area contributed by atoms with E-state index >= 15 is 0 Å². The van der Waals surface area contributed by atoms with Crippen molar-refractivity contribution < 1.29 is 23.5 Å². The van der Waals surface area contributed by atoms with Gasteiger partial charge in [-0.05, 0) is 30.2 Å². The maximum Gasteiger partial charge on any atom is 0.310 e. The lowest BCUT2D eigenvalue weighted by molar-refractivity contribution is -0.150. The van der Waals surface area contributed by atoms with E-state index in [1.165, 1.54) is 18.2 Å². The largest absolute Gasteiger partial charge is 0.461 e. The number of nitrogens with zero attached hydrogens (tertiary/aromatic N) is 1. The number of carbonyl (C=O) groups excluding carboxylic acids is 2. The highest BCUT2D eigenvalue weighted by molar-refractivity contribution is 6.33. The number of methoxy groups -OCH3 is 1. The van der Waals surface area contributed by atoms with E-state index in [1.54, 1.807) is 26.2 Å². The maximum absolute atomic E-state index is 13.0. The number of amides is 1. The molecule has 184 valence electrons. The predicted octanol–water partition coefficient (Wildman–Crippen LogP) is 1.95. The van der Waals surface area contributed by atoms with E-state index < -0.39 is 11.5 Å². The first-order chi connectivity index (χ1) is 16.2. The summed E-state index contributed by atoms with van der Waals surface area (Å²) in [6, 6.07) is 6.69. The highest BCUT2D eigenvalue weighted by Crippen LogP contribution is 2.18. The molecule has 1 aromatic carbocycles. The Hall–Kier alpha value is -2.95. The molecule has 1 aromatic heterocycles. The lowest BCUT2D eigenvalue weighted by atomic mass is 9.99. The minimum absolute atomic E-state index is 0.00314. The number of nitrogens with two attached hydrogens (primary N) is 1. The summed E-state index contributed by atoms with van der Waals surface area (Å²) in [4.78, 5) is 41.5. The second kappa shape index (κ2) is 11.5. The molecule has 1 aliphatic heterocycles. The summed E-state index contributed by atoms with van der Waals surface area (Å²) in [6.45, 7) is 3.40. The van der Waals surface area contributed by atoms with Crippen molar-refractivity contribution in [1.82, 2.24) is 15.2 Å². The Morgan fingerprint density at radius 2 is 2.06 bits per heavy atom. The van der Waals surface area contributed by atoms with Crippen molar-refractivity contribution >= 4 is 29.3 Å². The molecule has 2 heterocycles. The van der Waals surface area contributed by atoms with Crippen LogP contribution < -0.4 is 16.6 Å². The number of esters is 1. The summed E-state index contributed by atoms with van der Waals surface area (Å²) >= 11 is 5.93. The molecule has 0 spiro atoms. The first-order valence-electron chi connectivity index (χ1n) is 10.8. The molecule has 1 aliphatic rings. The van der Waals surface area contributed by atoms with Gasteiger partial charge in [-0.15, -0.1) is 0 Å². The van der Waals surface area contributed by atoms with Gasteiger partial charge in [-0.2, -0.15) is 0 Å². The fourth-order valence-electron chi connectivity index (χ4n) is 3.82. The van der Waals surface area contributed by atoms with Crippen molar-refractivity contribution in [3.05, 3.63) is 62.7 Å². The van der Waals surface area contributed by atoms with E-state index in [9.17, 15) is 18.8 Å². The Balaban J connectivity index is 1.52. The number of benzene rings is 1. The third-order valence-corrected chi connectivity index (χ3v) is 6.07. The summed E-state index contributed by atoms with van der Waals surface area (Å²) in [6.07, 6.45) is 0.214. The van der Waals surface area contributed by atoms with E-state index in [1.807, 2.05) is 0 Å². The zero-order valence-corrected chi connectivity index (χ0v) is 19.7. The molecule has 1 unspecified atom stereocenters. The number of aromatic nitrogens is 1.